The number of hydrogen-bond acceptors (Lipinski definition) is 20. The minimum atomic E-state index is -1.79. The molecule has 3 heterocycles. The number of rotatable bonds is 41. The lowest BCUT2D eigenvalue weighted by molar-refractivity contribution is -0.157. The Kier molecular flexibility index (Phi) is 34.8. The van der Waals surface area contributed by atoms with E-state index < -0.39 is 181 Å². The second-order valence-corrected chi connectivity index (χ2v) is 27.3. The zero-order valence-electron chi connectivity index (χ0n) is 62.1. The number of aliphatic hydroxyl groups is 1. The maximum absolute atomic E-state index is 15.0. The zero-order chi connectivity index (χ0) is 79.9. The zero-order valence-corrected chi connectivity index (χ0v) is 62.1. The van der Waals surface area contributed by atoms with Crippen molar-refractivity contribution in [2.75, 3.05) is 39.3 Å². The summed E-state index contributed by atoms with van der Waals surface area (Å²) in [7, 11) is 0. The lowest BCUT2D eigenvalue weighted by Gasteiger charge is -2.30. The van der Waals surface area contributed by atoms with Gasteiger partial charge in [-0.15, -0.1) is 0 Å². The molecule has 0 unspecified atom stereocenters. The first-order valence-corrected chi connectivity index (χ1v) is 36.7. The number of H-pyrrole nitrogens is 2. The van der Waals surface area contributed by atoms with Crippen LogP contribution in [0.15, 0.2) is 85.2 Å². The standard InChI is InChI=1S/C74H106N18O17/c1-6-40(3)22-27-60(96)84-57(34-59(78)95)70(104)88-54(31-43-23-25-46(94)26-24-43)68(102)90-55(32-44-35-79-49-17-10-8-15-47(44)49)69(103)87-53(21-14-30-77)67(101)86-51(19-12-28-75)65(99)81-37-61(97)83-52(20-13-29-76)66(100)89-56(33-45-36-80-50-18-11-9-16-48(45)50)71(105)92-64-42(5)109-74(108)58(39-93)85-62(98)38-82-72(106)63(41(4)7-2)91-73(64)107/h8-11,15-18,23-26,35-36,40-42,51-58,63-64,79-80,93-94H,6-7,12-14,19-22,27-34,37-39,75-77H2,1-5H3,(H2,78,95)(H,81,99)(H,82,106)(H,83,97)(H,84,96)(H,85,98)(H,86,101)(H,87,103)(H,88,104)(H,89,100)(H,90,102)(H,91,107)(H,92,105)/t40-,41+,42-,51+,52-,53-,54-,55-,56+,57-,58+,63+,64+/m1/s1. The monoisotopic (exact) mass is 1520 g/mol. The molecule has 13 atom stereocenters. The van der Waals surface area contributed by atoms with Crippen LogP contribution in [-0.4, -0.2) is 209 Å². The Labute approximate surface area is 630 Å². The van der Waals surface area contributed by atoms with E-state index in [4.69, 9.17) is 27.7 Å². The Hall–Kier alpha value is -11.0. The molecule has 0 spiro atoms. The number of carbonyl (C=O) groups is 14. The molecule has 1 aliphatic rings. The van der Waals surface area contributed by atoms with Gasteiger partial charge in [0, 0.05) is 59.9 Å². The topological polar surface area (TPSA) is 569 Å². The highest BCUT2D eigenvalue weighted by Gasteiger charge is 2.40. The molecule has 6 rings (SSSR count). The average Bonchev–Trinajstić information content (AvgIpc) is 1.72. The van der Waals surface area contributed by atoms with Gasteiger partial charge in [0.25, 0.3) is 0 Å². The molecule has 13 amide bonds. The smallest absolute Gasteiger partial charge is 0.331 e. The van der Waals surface area contributed by atoms with Gasteiger partial charge < -0.3 is 112 Å². The summed E-state index contributed by atoms with van der Waals surface area (Å²) < 4.78 is 5.57. The number of cyclic esters (lactones) is 1. The van der Waals surface area contributed by atoms with Crippen LogP contribution in [0.2, 0.25) is 0 Å². The molecule has 1 aliphatic heterocycles. The summed E-state index contributed by atoms with van der Waals surface area (Å²) in [5.41, 5.74) is 26.2. The first-order valence-electron chi connectivity index (χ1n) is 36.7. The van der Waals surface area contributed by atoms with Crippen LogP contribution in [0.1, 0.15) is 122 Å². The fraction of sp³-hybridized carbons (Fsp3) is 0.514. The highest BCUT2D eigenvalue weighted by atomic mass is 16.5. The number of nitrogens with one attached hydrogen (secondary N) is 14. The molecule has 24 N–H and O–H groups in total. The van der Waals surface area contributed by atoms with Gasteiger partial charge in [-0.1, -0.05) is 89.1 Å². The van der Waals surface area contributed by atoms with Crippen LogP contribution in [0.4, 0.5) is 0 Å². The maximum Gasteiger partial charge on any atom is 0.331 e. The van der Waals surface area contributed by atoms with Gasteiger partial charge >= 0.3 is 5.97 Å². The Morgan fingerprint density at radius 3 is 1.55 bits per heavy atom. The number of amides is 13. The van der Waals surface area contributed by atoms with Gasteiger partial charge in [-0.05, 0) is 124 Å². The minimum Gasteiger partial charge on any atom is -0.508 e. The van der Waals surface area contributed by atoms with Crippen molar-refractivity contribution < 1.29 is 82.1 Å². The number of esters is 1. The molecule has 35 nitrogen and oxygen atoms in total. The minimum absolute atomic E-state index is 0.0272. The van der Waals surface area contributed by atoms with Crippen LogP contribution in [-0.2, 0) is 91.1 Å². The van der Waals surface area contributed by atoms with Gasteiger partial charge in [0.1, 0.15) is 66.2 Å². The average molecular weight is 1520 g/mol. The molecule has 5 aromatic rings. The molecule has 1 fully saturated rings. The van der Waals surface area contributed by atoms with Crippen molar-refractivity contribution in [1.29, 1.82) is 0 Å². The molecule has 3 aromatic carbocycles. The number of primary amides is 1. The number of aliphatic hydroxyl groups excluding tert-OH is 1. The van der Waals surface area contributed by atoms with Gasteiger partial charge in [0.2, 0.25) is 76.8 Å². The van der Waals surface area contributed by atoms with E-state index in [1.54, 1.807) is 74.8 Å². The predicted molar refractivity (Wildman–Crippen MR) is 401 cm³/mol. The van der Waals surface area contributed by atoms with Crippen molar-refractivity contribution in [3.05, 3.63) is 102 Å². The van der Waals surface area contributed by atoms with E-state index in [0.29, 0.717) is 51.3 Å². The number of phenolic OH excluding ortho intramolecular Hbond substituents is 1. The fourth-order valence-electron chi connectivity index (χ4n) is 12.1. The first kappa shape index (κ1) is 86.9. The van der Waals surface area contributed by atoms with Crippen LogP contribution in [0.3, 0.4) is 0 Å². The third-order valence-corrected chi connectivity index (χ3v) is 18.9. The van der Waals surface area contributed by atoms with Gasteiger partial charge in [-0.2, -0.15) is 0 Å². The number of aromatic hydroxyl groups is 1. The predicted octanol–water partition coefficient (Wildman–Crippen LogP) is -2.63. The summed E-state index contributed by atoms with van der Waals surface area (Å²) in [5.74, 6) is -13.2. The molecule has 35 heteroatoms. The van der Waals surface area contributed by atoms with Crippen LogP contribution >= 0.6 is 0 Å². The van der Waals surface area contributed by atoms with Crippen molar-refractivity contribution in [2.45, 2.75) is 191 Å². The molecule has 0 bridgehead atoms. The van der Waals surface area contributed by atoms with Gasteiger partial charge in [-0.25, -0.2) is 4.79 Å². The third-order valence-electron chi connectivity index (χ3n) is 18.9. The van der Waals surface area contributed by atoms with Crippen LogP contribution in [0, 0.1) is 11.8 Å². The lowest BCUT2D eigenvalue weighted by atomic mass is 9.97. The summed E-state index contributed by atoms with van der Waals surface area (Å²) >= 11 is 0. The van der Waals surface area contributed by atoms with Crippen molar-refractivity contribution in [3.63, 3.8) is 0 Å². The van der Waals surface area contributed by atoms with Gasteiger partial charge in [-0.3, -0.25) is 62.3 Å². The number of para-hydroxylation sites is 2. The third kappa shape index (κ3) is 27.0. The van der Waals surface area contributed by atoms with E-state index in [2.05, 4.69) is 73.8 Å². The maximum atomic E-state index is 15.0. The van der Waals surface area contributed by atoms with Crippen LogP contribution in [0.25, 0.3) is 21.8 Å². The second kappa shape index (κ2) is 43.7. The molecule has 594 valence electrons. The number of ether oxygens (including phenoxy) is 1. The summed E-state index contributed by atoms with van der Waals surface area (Å²) in [5, 5.41) is 52.5. The van der Waals surface area contributed by atoms with Crippen molar-refractivity contribution in [1.82, 2.24) is 73.8 Å². The van der Waals surface area contributed by atoms with Crippen LogP contribution < -0.4 is 86.7 Å². The summed E-state index contributed by atoms with van der Waals surface area (Å²) in [6, 6.07) is 4.75. The highest BCUT2D eigenvalue weighted by molar-refractivity contribution is 6.01. The van der Waals surface area contributed by atoms with E-state index in [-0.39, 0.29) is 95.5 Å². The number of carbonyl (C=O) groups excluding carboxylic acids is 14. The van der Waals surface area contributed by atoms with E-state index in [9.17, 15) is 77.3 Å². The molecule has 109 heavy (non-hydrogen) atoms. The Balaban J connectivity index is 1.22. The largest absolute Gasteiger partial charge is 0.508 e. The Morgan fingerprint density at radius 2 is 1.04 bits per heavy atom. The molecular formula is C74H106N18O17. The molecule has 1 saturated heterocycles. The molecule has 2 aromatic heterocycles. The van der Waals surface area contributed by atoms with Crippen molar-refractivity contribution in [3.8, 4) is 5.75 Å². The van der Waals surface area contributed by atoms with E-state index in [1.807, 2.05) is 13.8 Å². The number of phenols is 1. The summed E-state index contributed by atoms with van der Waals surface area (Å²) in [6.07, 6.45) is 2.15. The SMILES string of the molecule is CC[C@@H](C)CCC(=O)N[C@H](CC(N)=O)C(=O)N[C@H](Cc1ccc(O)cc1)C(=O)N[C@H](Cc1c[nH]c2ccccc12)C(=O)N[C@H](CCCN)C(=O)N[C@@H](CCCN)C(=O)NCC(=O)N[C@H](CCCN)C(=O)N[C@@H](Cc1c[nH]c2ccccc12)C(=O)N[C@@H]1C(=O)N[C@@H]([C@@H](C)CC)C(=O)NCC(=O)N[C@@H](CO)C(=O)O[C@@H]1C. The summed E-state index contributed by atoms with van der Waals surface area (Å²) in [4.78, 5) is 202. The number of nitrogens with two attached hydrogens (primary N) is 4. The Morgan fingerprint density at radius 1 is 0.560 bits per heavy atom. The number of benzene rings is 3. The summed E-state index contributed by atoms with van der Waals surface area (Å²) in [6.45, 7) is 6.32. The van der Waals surface area contributed by atoms with Crippen LogP contribution in [0.5, 0.6) is 5.75 Å². The fourth-order valence-corrected chi connectivity index (χ4v) is 12.1. The number of fused-ring (bicyclic) bond motifs is 2. The van der Waals surface area contributed by atoms with Crippen molar-refractivity contribution >= 4 is 105 Å². The van der Waals surface area contributed by atoms with E-state index in [0.717, 1.165) is 6.42 Å². The number of aromatic nitrogens is 2. The normalized spacial score (nSPS) is 18.0. The number of aromatic amines is 2. The van der Waals surface area contributed by atoms with E-state index >= 15 is 0 Å². The Bertz CT molecular complexity index is 3960. The number of hydrogen-bond donors (Lipinski definition) is 20. The molecule has 0 saturated carbocycles. The van der Waals surface area contributed by atoms with E-state index in [1.165, 1.54) is 31.2 Å². The lowest BCUT2D eigenvalue weighted by Crippen LogP contribution is -2.62. The quantitative estimate of drug-likeness (QED) is 0.0178. The molecular weight excluding hydrogens is 1410 g/mol. The molecule has 0 radical (unpaired) electrons. The second-order valence-electron chi connectivity index (χ2n) is 27.3. The first-order chi connectivity index (χ1) is 52.1. The molecule has 0 aliphatic carbocycles. The van der Waals surface area contributed by atoms with Gasteiger partial charge in [0.15, 0.2) is 6.04 Å². The van der Waals surface area contributed by atoms with Gasteiger partial charge in [0.05, 0.1) is 26.1 Å². The van der Waals surface area contributed by atoms with Crippen molar-refractivity contribution in [2.24, 2.45) is 34.8 Å². The highest BCUT2D eigenvalue weighted by Crippen LogP contribution is 2.23.